The summed E-state index contributed by atoms with van der Waals surface area (Å²) in [6.07, 6.45) is 0. The standard InChI is InChI=1S/C18H15BrO/c1-13-7-12-17(20-13)18(19)16-10-8-15(9-11-16)14-5-3-2-4-6-14/h2-12,18H,1H3. The van der Waals surface area contributed by atoms with Gasteiger partial charge in [0.05, 0.1) is 4.83 Å². The minimum Gasteiger partial charge on any atom is -0.465 e. The van der Waals surface area contributed by atoms with Gasteiger partial charge in [0.1, 0.15) is 11.5 Å². The lowest BCUT2D eigenvalue weighted by molar-refractivity contribution is 0.492. The predicted octanol–water partition coefficient (Wildman–Crippen LogP) is 5.74. The van der Waals surface area contributed by atoms with E-state index in [2.05, 4.69) is 64.5 Å². The zero-order valence-electron chi connectivity index (χ0n) is 11.2. The van der Waals surface area contributed by atoms with Crippen molar-refractivity contribution in [3.63, 3.8) is 0 Å². The Morgan fingerprint density at radius 1 is 0.800 bits per heavy atom. The predicted molar refractivity (Wildman–Crippen MR) is 86.1 cm³/mol. The summed E-state index contributed by atoms with van der Waals surface area (Å²) in [6.45, 7) is 1.96. The average Bonchev–Trinajstić information content (AvgIpc) is 2.94. The Morgan fingerprint density at radius 2 is 1.45 bits per heavy atom. The summed E-state index contributed by atoms with van der Waals surface area (Å²) < 4.78 is 5.67. The van der Waals surface area contributed by atoms with E-state index in [1.165, 1.54) is 16.7 Å². The number of furan rings is 1. The van der Waals surface area contributed by atoms with E-state index in [0.717, 1.165) is 11.5 Å². The lowest BCUT2D eigenvalue weighted by Gasteiger charge is -2.09. The molecule has 3 aromatic rings. The van der Waals surface area contributed by atoms with Crippen LogP contribution in [0, 0.1) is 6.92 Å². The fourth-order valence-corrected chi connectivity index (χ4v) is 2.78. The van der Waals surface area contributed by atoms with E-state index in [-0.39, 0.29) is 4.83 Å². The zero-order valence-corrected chi connectivity index (χ0v) is 12.8. The molecule has 1 nitrogen and oxygen atoms in total. The van der Waals surface area contributed by atoms with Crippen molar-refractivity contribution >= 4 is 15.9 Å². The Labute approximate surface area is 127 Å². The van der Waals surface area contributed by atoms with Crippen LogP contribution in [-0.4, -0.2) is 0 Å². The minimum absolute atomic E-state index is 0.0982. The highest BCUT2D eigenvalue weighted by Crippen LogP contribution is 2.33. The van der Waals surface area contributed by atoms with E-state index in [0.29, 0.717) is 0 Å². The summed E-state index contributed by atoms with van der Waals surface area (Å²) in [4.78, 5) is 0.0982. The highest BCUT2D eigenvalue weighted by Gasteiger charge is 2.13. The number of alkyl halides is 1. The van der Waals surface area contributed by atoms with E-state index < -0.39 is 0 Å². The molecule has 0 saturated heterocycles. The molecular weight excluding hydrogens is 312 g/mol. The third-order valence-corrected chi connectivity index (χ3v) is 4.30. The van der Waals surface area contributed by atoms with Crippen LogP contribution in [0.5, 0.6) is 0 Å². The molecule has 100 valence electrons. The Kier molecular flexibility index (Phi) is 3.75. The molecule has 3 rings (SSSR count). The molecule has 2 heteroatoms. The summed E-state index contributed by atoms with van der Waals surface area (Å²) >= 11 is 3.69. The highest BCUT2D eigenvalue weighted by molar-refractivity contribution is 9.09. The van der Waals surface area contributed by atoms with Gasteiger partial charge in [-0.1, -0.05) is 70.5 Å². The van der Waals surface area contributed by atoms with Crippen molar-refractivity contribution in [2.24, 2.45) is 0 Å². The second kappa shape index (κ2) is 5.68. The Bertz CT molecular complexity index is 683. The van der Waals surface area contributed by atoms with Crippen molar-refractivity contribution in [2.75, 3.05) is 0 Å². The molecule has 0 fully saturated rings. The molecule has 2 aromatic carbocycles. The first-order chi connectivity index (χ1) is 9.74. The Hall–Kier alpha value is -1.80. The summed E-state index contributed by atoms with van der Waals surface area (Å²) in [7, 11) is 0. The quantitative estimate of drug-likeness (QED) is 0.559. The molecule has 1 atom stereocenters. The van der Waals surface area contributed by atoms with Crippen molar-refractivity contribution in [3.8, 4) is 11.1 Å². The topological polar surface area (TPSA) is 13.1 Å². The molecule has 0 N–H and O–H groups in total. The van der Waals surface area contributed by atoms with Crippen LogP contribution in [0.15, 0.2) is 71.1 Å². The van der Waals surface area contributed by atoms with Crippen LogP contribution < -0.4 is 0 Å². The summed E-state index contributed by atoms with van der Waals surface area (Å²) in [5, 5.41) is 0. The number of rotatable bonds is 3. The van der Waals surface area contributed by atoms with Gasteiger partial charge in [-0.3, -0.25) is 0 Å². The van der Waals surface area contributed by atoms with Crippen LogP contribution in [0.2, 0.25) is 0 Å². The molecule has 1 heterocycles. The third-order valence-electron chi connectivity index (χ3n) is 3.32. The van der Waals surface area contributed by atoms with Gasteiger partial charge in [-0.25, -0.2) is 0 Å². The van der Waals surface area contributed by atoms with Gasteiger partial charge >= 0.3 is 0 Å². The second-order valence-electron chi connectivity index (χ2n) is 4.80. The van der Waals surface area contributed by atoms with Crippen LogP contribution >= 0.6 is 15.9 Å². The van der Waals surface area contributed by atoms with Gasteiger partial charge in [-0.05, 0) is 35.7 Å². The van der Waals surface area contributed by atoms with Gasteiger partial charge in [0, 0.05) is 0 Å². The number of hydrogen-bond acceptors (Lipinski definition) is 1. The Morgan fingerprint density at radius 3 is 2.05 bits per heavy atom. The first-order valence-corrected chi connectivity index (χ1v) is 7.51. The van der Waals surface area contributed by atoms with Gasteiger partial charge in [-0.2, -0.15) is 0 Å². The molecule has 0 saturated carbocycles. The lowest BCUT2D eigenvalue weighted by Crippen LogP contribution is -1.90. The molecule has 0 bridgehead atoms. The fraction of sp³-hybridized carbons (Fsp3) is 0.111. The highest BCUT2D eigenvalue weighted by atomic mass is 79.9. The maximum absolute atomic E-state index is 5.67. The van der Waals surface area contributed by atoms with E-state index in [9.17, 15) is 0 Å². The zero-order chi connectivity index (χ0) is 13.9. The van der Waals surface area contributed by atoms with Gasteiger partial charge < -0.3 is 4.42 Å². The van der Waals surface area contributed by atoms with E-state index >= 15 is 0 Å². The largest absolute Gasteiger partial charge is 0.465 e. The number of benzene rings is 2. The van der Waals surface area contributed by atoms with E-state index in [1.54, 1.807) is 0 Å². The van der Waals surface area contributed by atoms with Crippen molar-refractivity contribution in [3.05, 3.63) is 83.8 Å². The van der Waals surface area contributed by atoms with Crippen LogP contribution in [0.1, 0.15) is 21.9 Å². The normalized spacial score (nSPS) is 12.3. The molecule has 0 aliphatic carbocycles. The monoisotopic (exact) mass is 326 g/mol. The third kappa shape index (κ3) is 2.70. The number of aryl methyl sites for hydroxylation is 1. The maximum Gasteiger partial charge on any atom is 0.122 e. The average molecular weight is 327 g/mol. The molecule has 0 aliphatic heterocycles. The van der Waals surface area contributed by atoms with Crippen LogP contribution in [0.3, 0.4) is 0 Å². The summed E-state index contributed by atoms with van der Waals surface area (Å²) in [6, 6.07) is 23.0. The first kappa shape index (κ1) is 13.2. The van der Waals surface area contributed by atoms with Gasteiger partial charge in [0.2, 0.25) is 0 Å². The lowest BCUT2D eigenvalue weighted by atomic mass is 10.0. The number of halogens is 1. The molecule has 0 spiro atoms. The van der Waals surface area contributed by atoms with Crippen molar-refractivity contribution < 1.29 is 4.42 Å². The summed E-state index contributed by atoms with van der Waals surface area (Å²) in [5.41, 5.74) is 3.66. The smallest absolute Gasteiger partial charge is 0.122 e. The number of hydrogen-bond donors (Lipinski definition) is 0. The molecule has 1 unspecified atom stereocenters. The van der Waals surface area contributed by atoms with Crippen molar-refractivity contribution in [1.29, 1.82) is 0 Å². The Balaban J connectivity index is 1.86. The van der Waals surface area contributed by atoms with Crippen LogP contribution in [0.25, 0.3) is 11.1 Å². The van der Waals surface area contributed by atoms with Crippen LogP contribution in [0.4, 0.5) is 0 Å². The molecule has 20 heavy (non-hydrogen) atoms. The van der Waals surface area contributed by atoms with Gasteiger partial charge in [0.15, 0.2) is 0 Å². The molecule has 1 aromatic heterocycles. The molecule has 0 aliphatic rings. The maximum atomic E-state index is 5.67. The van der Waals surface area contributed by atoms with Crippen molar-refractivity contribution in [2.45, 2.75) is 11.8 Å². The summed E-state index contributed by atoms with van der Waals surface area (Å²) in [5.74, 6) is 1.88. The fourth-order valence-electron chi connectivity index (χ4n) is 2.23. The van der Waals surface area contributed by atoms with E-state index in [1.807, 2.05) is 25.1 Å². The SMILES string of the molecule is Cc1ccc(C(Br)c2ccc(-c3ccccc3)cc2)o1. The van der Waals surface area contributed by atoms with Crippen molar-refractivity contribution in [1.82, 2.24) is 0 Å². The first-order valence-electron chi connectivity index (χ1n) is 6.60. The van der Waals surface area contributed by atoms with Gasteiger partial charge in [-0.15, -0.1) is 0 Å². The molecule has 0 amide bonds. The molecular formula is C18H15BrO. The molecule has 0 radical (unpaired) electrons. The second-order valence-corrected chi connectivity index (χ2v) is 5.71. The van der Waals surface area contributed by atoms with E-state index in [4.69, 9.17) is 4.42 Å². The van der Waals surface area contributed by atoms with Gasteiger partial charge in [0.25, 0.3) is 0 Å². The minimum atomic E-state index is 0.0982. The van der Waals surface area contributed by atoms with Crippen LogP contribution in [-0.2, 0) is 0 Å².